The van der Waals surface area contributed by atoms with Gasteiger partial charge >= 0.3 is 0 Å². The molecule has 0 aromatic heterocycles. The minimum absolute atomic E-state index is 0. The summed E-state index contributed by atoms with van der Waals surface area (Å²) in [6.45, 7) is 0. The van der Waals surface area contributed by atoms with Gasteiger partial charge in [-0.05, 0) is 6.08 Å². The Balaban J connectivity index is -0.0000000160. The van der Waals surface area contributed by atoms with E-state index in [0.29, 0.717) is 6.08 Å². The molecule has 0 unspecified atom stereocenters. The first-order valence-corrected chi connectivity index (χ1v) is 0.875. The largest absolute Gasteiger partial charge is 0.724 e. The molecule has 0 aliphatic carbocycles. The van der Waals surface area contributed by atoms with Crippen molar-refractivity contribution in [1.82, 2.24) is 0 Å². The fraction of sp³-hybridized carbons (Fsp3) is 0. The van der Waals surface area contributed by atoms with Gasteiger partial charge in [0.25, 0.3) is 6.26 Å². The summed E-state index contributed by atoms with van der Waals surface area (Å²) in [6.07, 6.45) is 1.25. The average molecular weight is 263 g/mol. The molecule has 0 atom stereocenters. The first-order chi connectivity index (χ1) is 2.83. The van der Waals surface area contributed by atoms with Crippen LogP contribution in [0.5, 0.6) is 0 Å². The van der Waals surface area contributed by atoms with E-state index in [-0.39, 0.29) is 65.4 Å². The number of hydrogen-bond donors (Lipinski definition) is 1. The number of aliphatic hydroxyl groups excluding tert-OH is 1. The van der Waals surface area contributed by atoms with Crippen LogP contribution in [-0.4, -0.2) is 11.2 Å². The number of nitrogens with zero attached hydrogens (tertiary/aromatic N) is 2. The van der Waals surface area contributed by atoms with Crippen LogP contribution >= 0.6 is 0 Å². The second-order valence-electron chi connectivity index (χ2n) is 0.191. The van der Waals surface area contributed by atoms with Gasteiger partial charge in [-0.15, -0.1) is 0 Å². The number of aliphatic hydroxyl groups is 1. The number of nitriles is 1. The summed E-state index contributed by atoms with van der Waals surface area (Å²) < 4.78 is 0. The van der Waals surface area contributed by atoms with Crippen LogP contribution in [0, 0.1) is 11.5 Å². The molecule has 38 valence electrons. The van der Waals surface area contributed by atoms with E-state index in [9.17, 15) is 0 Å². The van der Waals surface area contributed by atoms with Gasteiger partial charge < -0.3 is 10.5 Å². The number of rotatable bonds is 0. The molecule has 0 saturated carbocycles. The van der Waals surface area contributed by atoms with Crippen molar-refractivity contribution in [2.45, 2.75) is 0 Å². The van der Waals surface area contributed by atoms with Gasteiger partial charge in [-0.2, -0.15) is 5.26 Å². The predicted octanol–water partition coefficient (Wildman–Crippen LogP) is -0.273. The molecule has 8 heavy (non-hydrogen) atoms. The summed E-state index contributed by atoms with van der Waals surface area (Å²) in [6, 6.07) is 0. The molecule has 0 heterocycles. The van der Waals surface area contributed by atoms with Crippen molar-refractivity contribution in [3.8, 4) is 6.26 Å². The Bertz CT molecular complexity index is 82.5. The Morgan fingerprint density at radius 3 is 1.50 bits per heavy atom. The molecule has 4 nitrogen and oxygen atoms in total. The van der Waals surface area contributed by atoms with Crippen LogP contribution in [0.3, 0.4) is 0 Å². The summed E-state index contributed by atoms with van der Waals surface area (Å²) >= 11 is 0. The smallest absolute Gasteiger partial charge is 0.283 e. The molecular weight excluding hydrogens is 262 g/mol. The maximum Gasteiger partial charge on any atom is 0.283 e. The van der Waals surface area contributed by atoms with Crippen LogP contribution in [0.25, 0.3) is 5.41 Å². The van der Waals surface area contributed by atoms with Crippen molar-refractivity contribution in [3.05, 3.63) is 5.41 Å². The molecule has 0 saturated heterocycles. The molecule has 0 spiro atoms. The fourth-order valence-corrected chi connectivity index (χ4v) is 0. The molecule has 1 N–H and O–H groups in total. The topological polar surface area (TPSA) is 83.4 Å². The number of carbonyl (C=O) groups excluding carboxylic acids is 1. The van der Waals surface area contributed by atoms with Crippen molar-refractivity contribution in [3.63, 3.8) is 0 Å². The fourth-order valence-electron chi connectivity index (χ4n) is 0. The zero-order chi connectivity index (χ0) is 5.41. The van der Waals surface area contributed by atoms with Crippen LogP contribution in [0.1, 0.15) is 0 Å². The van der Waals surface area contributed by atoms with Crippen molar-refractivity contribution in [2.75, 3.05) is 0 Å². The van der Waals surface area contributed by atoms with Gasteiger partial charge in [-0.25, -0.2) is 0 Å². The second kappa shape index (κ2) is 45.0. The van der Waals surface area contributed by atoms with E-state index in [2.05, 4.69) is 0 Å². The molecule has 0 rings (SSSR count). The molecule has 0 aromatic carbocycles. The van der Waals surface area contributed by atoms with Crippen molar-refractivity contribution >= 4 is 6.08 Å². The predicted molar refractivity (Wildman–Crippen MR) is 16.6 cm³/mol. The van der Waals surface area contributed by atoms with Gasteiger partial charge in [0.2, 0.25) is 0 Å². The summed E-state index contributed by atoms with van der Waals surface area (Å²) in [7, 11) is 0. The van der Waals surface area contributed by atoms with Crippen LogP contribution in [0.2, 0.25) is 0 Å². The minimum Gasteiger partial charge on any atom is -0.724 e. The number of isocyanates is 1. The Labute approximate surface area is 96.9 Å². The molecule has 0 aliphatic heterocycles. The zero-order valence-corrected chi connectivity index (χ0v) is 9.58. The van der Waals surface area contributed by atoms with Crippen LogP contribution in [0.15, 0.2) is 0 Å². The first kappa shape index (κ1) is 23.2. The SMILES string of the molecule is N#CO.[N-]=C=O.[Y].[Y]. The van der Waals surface area contributed by atoms with Crippen LogP contribution in [-0.2, 0) is 70.2 Å². The Kier molecular flexibility index (Phi) is 130. The monoisotopic (exact) mass is 263 g/mol. The summed E-state index contributed by atoms with van der Waals surface area (Å²) in [5, 5.41) is 20.5. The van der Waals surface area contributed by atoms with Crippen molar-refractivity contribution < 1.29 is 75.3 Å². The molecule has 0 aliphatic rings. The van der Waals surface area contributed by atoms with Gasteiger partial charge in [-0.3, -0.25) is 4.79 Å². The first-order valence-electron chi connectivity index (χ1n) is 0.875. The third-order valence-electron chi connectivity index (χ3n) is 0. The maximum absolute atomic E-state index is 8.24. The maximum atomic E-state index is 8.24. The van der Waals surface area contributed by atoms with E-state index in [1.807, 2.05) is 0 Å². The van der Waals surface area contributed by atoms with Crippen molar-refractivity contribution in [2.24, 2.45) is 0 Å². The third-order valence-corrected chi connectivity index (χ3v) is 0. The standard InChI is InChI=1S/CHNO.CNO.2Y/c2*2-1-3;;/h3H;;;/q;-1;;. The quantitative estimate of drug-likeness (QED) is 0.371. The van der Waals surface area contributed by atoms with Crippen LogP contribution < -0.4 is 0 Å². The van der Waals surface area contributed by atoms with E-state index in [1.54, 1.807) is 0 Å². The van der Waals surface area contributed by atoms with Gasteiger partial charge in [0, 0.05) is 65.4 Å². The molecule has 2 radical (unpaired) electrons. The summed E-state index contributed by atoms with van der Waals surface area (Å²) in [5.74, 6) is 0. The Morgan fingerprint density at radius 2 is 1.50 bits per heavy atom. The van der Waals surface area contributed by atoms with Gasteiger partial charge in [-0.1, -0.05) is 0 Å². The molecular formula is C2HN2O2Y2-. The average Bonchev–Trinajstić information content (AvgIpc) is 1.39. The Hall–Kier alpha value is 0.878. The molecule has 6 heteroatoms. The second-order valence-corrected chi connectivity index (χ2v) is 0.191. The van der Waals surface area contributed by atoms with E-state index in [1.165, 1.54) is 0 Å². The molecule has 0 amide bonds. The molecule has 0 aromatic rings. The van der Waals surface area contributed by atoms with Crippen LogP contribution in [0.4, 0.5) is 0 Å². The summed E-state index contributed by atoms with van der Waals surface area (Å²) in [4.78, 5) is 8.24. The van der Waals surface area contributed by atoms with E-state index in [4.69, 9.17) is 20.6 Å². The zero-order valence-electron chi connectivity index (χ0n) is 3.90. The van der Waals surface area contributed by atoms with E-state index < -0.39 is 0 Å². The molecule has 0 bridgehead atoms. The van der Waals surface area contributed by atoms with Gasteiger partial charge in [0.05, 0.1) is 0 Å². The van der Waals surface area contributed by atoms with Gasteiger partial charge in [0.15, 0.2) is 0 Å². The Morgan fingerprint density at radius 1 is 1.50 bits per heavy atom. The normalized spacial score (nSPS) is 1.88. The molecule has 0 fully saturated rings. The number of hydrogen-bond acceptors (Lipinski definition) is 3. The summed E-state index contributed by atoms with van der Waals surface area (Å²) in [5.41, 5.74) is 0. The minimum atomic E-state index is 0. The van der Waals surface area contributed by atoms with Gasteiger partial charge in [0.1, 0.15) is 0 Å². The van der Waals surface area contributed by atoms with Crippen molar-refractivity contribution in [1.29, 1.82) is 5.26 Å². The third kappa shape index (κ3) is 308. The van der Waals surface area contributed by atoms with E-state index in [0.717, 1.165) is 6.26 Å². The van der Waals surface area contributed by atoms with E-state index >= 15 is 0 Å².